The third kappa shape index (κ3) is 3.52. The molecule has 0 spiro atoms. The van der Waals surface area contributed by atoms with E-state index in [2.05, 4.69) is 0 Å². The van der Waals surface area contributed by atoms with Gasteiger partial charge in [0.05, 0.1) is 12.6 Å². The molecular formula is C13H17N2O5+. The summed E-state index contributed by atoms with van der Waals surface area (Å²) in [5.41, 5.74) is 5.35. The summed E-state index contributed by atoms with van der Waals surface area (Å²) in [4.78, 5) is 21.9. The van der Waals surface area contributed by atoms with Crippen molar-refractivity contribution >= 4 is 11.9 Å². The number of carbonyl (C=O) groups is 2. The number of aromatic carboxylic acids is 1. The maximum absolute atomic E-state index is 11.0. The summed E-state index contributed by atoms with van der Waals surface area (Å²) in [6.45, 7) is 0.0251. The van der Waals surface area contributed by atoms with E-state index in [0.29, 0.717) is 0 Å². The normalized spacial score (nSPS) is 21.6. The van der Waals surface area contributed by atoms with Gasteiger partial charge in [-0.1, -0.05) is 0 Å². The topological polar surface area (TPSA) is 103 Å². The lowest BCUT2D eigenvalue weighted by atomic mass is 10.2. The molecule has 0 bridgehead atoms. The number of aromatic nitrogens is 1. The molecule has 1 aliphatic rings. The van der Waals surface area contributed by atoms with Gasteiger partial charge in [-0.15, -0.1) is 0 Å². The van der Waals surface area contributed by atoms with Crippen molar-refractivity contribution in [3.8, 4) is 0 Å². The summed E-state index contributed by atoms with van der Waals surface area (Å²) < 4.78 is 12.4. The number of carbonyl (C=O) groups excluding carboxylic acids is 1. The molecule has 0 radical (unpaired) electrons. The maximum atomic E-state index is 11.0. The van der Waals surface area contributed by atoms with E-state index in [0.717, 1.165) is 12.8 Å². The minimum Gasteiger partial charge on any atom is -0.477 e. The van der Waals surface area contributed by atoms with E-state index in [9.17, 15) is 9.59 Å². The van der Waals surface area contributed by atoms with E-state index in [4.69, 9.17) is 20.3 Å². The zero-order valence-corrected chi connectivity index (χ0v) is 10.9. The van der Waals surface area contributed by atoms with Crippen LogP contribution in [-0.2, 0) is 14.3 Å². The molecule has 1 aliphatic heterocycles. The molecule has 2 atom stereocenters. The average Bonchev–Trinajstić information content (AvgIpc) is 2.93. The molecule has 2 heterocycles. The van der Waals surface area contributed by atoms with Crippen LogP contribution in [0.25, 0.3) is 0 Å². The Bertz CT molecular complexity index is 505. The number of hydrogen-bond acceptors (Lipinski definition) is 5. The van der Waals surface area contributed by atoms with E-state index in [1.807, 2.05) is 0 Å². The summed E-state index contributed by atoms with van der Waals surface area (Å²) in [6.07, 6.45) is 4.34. The highest BCUT2D eigenvalue weighted by molar-refractivity contribution is 5.86. The fourth-order valence-electron chi connectivity index (χ4n) is 2.07. The van der Waals surface area contributed by atoms with Crippen LogP contribution >= 0.6 is 0 Å². The Morgan fingerprint density at radius 2 is 2.30 bits per heavy atom. The Morgan fingerprint density at radius 1 is 1.50 bits per heavy atom. The van der Waals surface area contributed by atoms with Crippen LogP contribution in [0.4, 0.5) is 0 Å². The molecule has 108 valence electrons. The van der Waals surface area contributed by atoms with Crippen LogP contribution in [0.2, 0.25) is 0 Å². The molecule has 3 N–H and O–H groups in total. The van der Waals surface area contributed by atoms with Crippen LogP contribution in [0.5, 0.6) is 0 Å². The number of nitrogens with two attached hydrogens (primary N) is 1. The van der Waals surface area contributed by atoms with E-state index >= 15 is 0 Å². The molecule has 0 unspecified atom stereocenters. The van der Waals surface area contributed by atoms with Gasteiger partial charge in [-0.05, 0) is 12.5 Å². The van der Waals surface area contributed by atoms with Crippen molar-refractivity contribution in [3.05, 3.63) is 30.1 Å². The second-order valence-electron chi connectivity index (χ2n) is 4.52. The number of carboxylic acid groups (broad SMARTS) is 1. The summed E-state index contributed by atoms with van der Waals surface area (Å²) in [5.74, 6) is -1.44. The second kappa shape index (κ2) is 6.44. The van der Waals surface area contributed by atoms with Crippen LogP contribution in [0.15, 0.2) is 24.5 Å². The van der Waals surface area contributed by atoms with E-state index in [1.54, 1.807) is 16.8 Å². The minimum atomic E-state index is -0.981. The number of hydrogen-bond donors (Lipinski definition) is 2. The molecule has 7 nitrogen and oxygen atoms in total. The molecule has 7 heteroatoms. The first-order chi connectivity index (χ1) is 9.60. The highest BCUT2D eigenvalue weighted by atomic mass is 16.6. The SMILES string of the molecule is NCC(=O)OC[C@@H]1CC[C@H]([n+]2cccc(C(=O)O)c2)O1. The molecule has 0 aliphatic carbocycles. The molecular weight excluding hydrogens is 264 g/mol. The van der Waals surface area contributed by atoms with Crippen LogP contribution in [0.1, 0.15) is 29.4 Å². The summed E-state index contributed by atoms with van der Waals surface area (Å²) in [7, 11) is 0. The Hall–Kier alpha value is -1.99. The first-order valence-electron chi connectivity index (χ1n) is 6.35. The van der Waals surface area contributed by atoms with Crippen molar-refractivity contribution in [1.29, 1.82) is 0 Å². The number of nitrogens with zero attached hydrogens (tertiary/aromatic N) is 1. The molecule has 1 aromatic heterocycles. The van der Waals surface area contributed by atoms with E-state index in [-0.39, 0.29) is 31.0 Å². The summed E-state index contributed by atoms with van der Waals surface area (Å²) in [5, 5.41) is 8.95. The van der Waals surface area contributed by atoms with Gasteiger partial charge in [0.2, 0.25) is 0 Å². The Balaban J connectivity index is 1.93. The average molecular weight is 281 g/mol. The number of rotatable bonds is 5. The van der Waals surface area contributed by atoms with Crippen molar-refractivity contribution in [3.63, 3.8) is 0 Å². The predicted molar refractivity (Wildman–Crippen MR) is 66.8 cm³/mol. The van der Waals surface area contributed by atoms with Crippen molar-refractivity contribution < 1.29 is 28.7 Å². The summed E-state index contributed by atoms with van der Waals surface area (Å²) >= 11 is 0. The van der Waals surface area contributed by atoms with Gasteiger partial charge >= 0.3 is 11.9 Å². The largest absolute Gasteiger partial charge is 0.477 e. The zero-order valence-electron chi connectivity index (χ0n) is 10.9. The van der Waals surface area contributed by atoms with E-state index in [1.165, 1.54) is 12.3 Å². The smallest absolute Gasteiger partial charge is 0.341 e. The van der Waals surface area contributed by atoms with Crippen molar-refractivity contribution in [2.45, 2.75) is 25.2 Å². The van der Waals surface area contributed by atoms with Gasteiger partial charge in [0.25, 0.3) is 6.23 Å². The lowest BCUT2D eigenvalue weighted by Crippen LogP contribution is -2.40. The van der Waals surface area contributed by atoms with E-state index < -0.39 is 11.9 Å². The monoisotopic (exact) mass is 281 g/mol. The lowest BCUT2D eigenvalue weighted by Gasteiger charge is -2.11. The first kappa shape index (κ1) is 14.4. The Morgan fingerprint density at radius 3 is 3.00 bits per heavy atom. The molecule has 1 saturated heterocycles. The standard InChI is InChI=1S/C13H16N2O5/c14-6-12(16)19-8-10-3-4-11(20-10)15-5-1-2-9(7-15)13(17)18/h1-2,5,7,10-11H,3-4,6,8,14H2/p+1/t10-,11+/m0/s1. The fraction of sp³-hybridized carbons (Fsp3) is 0.462. The molecule has 0 saturated carbocycles. The van der Waals surface area contributed by atoms with Gasteiger partial charge in [-0.25, -0.2) is 4.79 Å². The molecule has 1 fully saturated rings. The zero-order chi connectivity index (χ0) is 14.5. The highest BCUT2D eigenvalue weighted by Crippen LogP contribution is 2.24. The van der Waals surface area contributed by atoms with Crippen molar-refractivity contribution in [2.24, 2.45) is 5.73 Å². The van der Waals surface area contributed by atoms with Crippen molar-refractivity contribution in [2.75, 3.05) is 13.2 Å². The summed E-state index contributed by atoms with van der Waals surface area (Å²) in [6, 6.07) is 3.18. The first-order valence-corrected chi connectivity index (χ1v) is 6.35. The van der Waals surface area contributed by atoms with Gasteiger partial charge in [0.15, 0.2) is 12.4 Å². The number of ether oxygens (including phenoxy) is 2. The van der Waals surface area contributed by atoms with Gasteiger partial charge in [0, 0.05) is 12.5 Å². The quantitative estimate of drug-likeness (QED) is 0.575. The maximum Gasteiger partial charge on any atom is 0.341 e. The molecule has 1 aromatic rings. The molecule has 0 amide bonds. The van der Waals surface area contributed by atoms with Crippen LogP contribution in [-0.4, -0.2) is 36.3 Å². The number of carboxylic acids is 1. The number of esters is 1. The Labute approximate surface area is 115 Å². The fourth-order valence-corrected chi connectivity index (χ4v) is 2.07. The van der Waals surface area contributed by atoms with Crippen LogP contribution in [0, 0.1) is 0 Å². The van der Waals surface area contributed by atoms with Gasteiger partial charge in [-0.2, -0.15) is 4.57 Å². The third-order valence-corrected chi connectivity index (χ3v) is 3.08. The van der Waals surface area contributed by atoms with Crippen LogP contribution < -0.4 is 10.3 Å². The lowest BCUT2D eigenvalue weighted by molar-refractivity contribution is -0.759. The molecule has 0 aromatic carbocycles. The predicted octanol–water partition coefficient (Wildman–Crippen LogP) is -0.148. The minimum absolute atomic E-state index is 0.147. The van der Waals surface area contributed by atoms with Gasteiger partial charge < -0.3 is 20.3 Å². The number of pyridine rings is 1. The van der Waals surface area contributed by atoms with Gasteiger partial charge in [-0.3, -0.25) is 4.79 Å². The highest BCUT2D eigenvalue weighted by Gasteiger charge is 2.32. The third-order valence-electron chi connectivity index (χ3n) is 3.08. The van der Waals surface area contributed by atoms with Crippen molar-refractivity contribution in [1.82, 2.24) is 0 Å². The molecule has 2 rings (SSSR count). The van der Waals surface area contributed by atoms with Crippen LogP contribution in [0.3, 0.4) is 0 Å². The molecule has 20 heavy (non-hydrogen) atoms. The Kier molecular flexibility index (Phi) is 4.65. The second-order valence-corrected chi connectivity index (χ2v) is 4.52. The van der Waals surface area contributed by atoms with Gasteiger partial charge in [0.1, 0.15) is 12.2 Å².